The van der Waals surface area contributed by atoms with Gasteiger partial charge in [-0.05, 0) is 12.8 Å². The number of hydrogen-bond acceptors (Lipinski definition) is 2. The molecule has 1 nitrogen and oxygen atoms in total. The van der Waals surface area contributed by atoms with Gasteiger partial charge in [-0.3, -0.25) is 0 Å². The lowest BCUT2D eigenvalue weighted by atomic mass is 10.2. The van der Waals surface area contributed by atoms with Gasteiger partial charge in [-0.15, -0.1) is 0 Å². The molecule has 68 valence electrons. The first kappa shape index (κ1) is 11.3. The van der Waals surface area contributed by atoms with Gasteiger partial charge in [0.1, 0.15) is 0 Å². The molecule has 0 aromatic carbocycles. The molecule has 0 saturated carbocycles. The molecule has 0 amide bonds. The molecule has 0 fully saturated rings. The molecule has 0 radical (unpaired) electrons. The van der Waals surface area contributed by atoms with Crippen LogP contribution in [0.15, 0.2) is 0 Å². The Balaban J connectivity index is 3.66. The highest BCUT2D eigenvalue weighted by Gasteiger charge is 2.14. The van der Waals surface area contributed by atoms with Crippen LogP contribution < -0.4 is 5.73 Å². The van der Waals surface area contributed by atoms with Crippen LogP contribution in [0.3, 0.4) is 0 Å². The molecule has 0 aromatic heterocycles. The Bertz CT molecular complexity index is 89.7. The third-order valence-electron chi connectivity index (χ3n) is 2.11. The second-order valence-electron chi connectivity index (χ2n) is 3.65. The van der Waals surface area contributed by atoms with E-state index in [1.54, 1.807) is 0 Å². The lowest BCUT2D eigenvalue weighted by Crippen LogP contribution is -2.28. The van der Waals surface area contributed by atoms with Crippen LogP contribution in [0.25, 0.3) is 0 Å². The zero-order valence-corrected chi connectivity index (χ0v) is 9.11. The van der Waals surface area contributed by atoms with Gasteiger partial charge in [0, 0.05) is 16.5 Å². The van der Waals surface area contributed by atoms with Crippen molar-refractivity contribution in [2.75, 3.05) is 0 Å². The molecule has 2 heteroatoms. The van der Waals surface area contributed by atoms with E-state index in [4.69, 9.17) is 5.73 Å². The molecule has 11 heavy (non-hydrogen) atoms. The minimum absolute atomic E-state index is 0.307. The van der Waals surface area contributed by atoms with Gasteiger partial charge in [0.2, 0.25) is 0 Å². The largest absolute Gasteiger partial charge is 0.327 e. The van der Waals surface area contributed by atoms with E-state index in [1.165, 1.54) is 0 Å². The lowest BCUT2D eigenvalue weighted by Gasteiger charge is -2.22. The first-order valence-corrected chi connectivity index (χ1v) is 5.30. The fourth-order valence-corrected chi connectivity index (χ4v) is 1.86. The molecule has 0 aromatic rings. The Morgan fingerprint density at radius 1 is 0.909 bits per heavy atom. The number of hydrogen-bond donors (Lipinski definition) is 1. The Morgan fingerprint density at radius 3 is 1.64 bits per heavy atom. The number of thioether (sulfide) groups is 1. The van der Waals surface area contributed by atoms with E-state index in [-0.39, 0.29) is 0 Å². The van der Waals surface area contributed by atoms with Crippen LogP contribution in [0.5, 0.6) is 0 Å². The van der Waals surface area contributed by atoms with E-state index >= 15 is 0 Å². The van der Waals surface area contributed by atoms with Crippen molar-refractivity contribution in [3.05, 3.63) is 0 Å². The predicted molar refractivity (Wildman–Crippen MR) is 55.0 cm³/mol. The maximum atomic E-state index is 5.76. The molecule has 0 bridgehead atoms. The molecule has 0 aliphatic carbocycles. The van der Waals surface area contributed by atoms with Crippen molar-refractivity contribution in [3.8, 4) is 0 Å². The smallest absolute Gasteiger partial charge is 0.0170 e. The molecule has 3 unspecified atom stereocenters. The fourth-order valence-electron chi connectivity index (χ4n) is 0.620. The quantitative estimate of drug-likeness (QED) is 0.710. The van der Waals surface area contributed by atoms with Crippen LogP contribution in [-0.4, -0.2) is 16.5 Å². The Labute approximate surface area is 75.1 Å². The van der Waals surface area contributed by atoms with Crippen LogP contribution in [0, 0.1) is 5.92 Å². The molecule has 2 N–H and O–H groups in total. The summed E-state index contributed by atoms with van der Waals surface area (Å²) < 4.78 is 0. The van der Waals surface area contributed by atoms with Crippen molar-refractivity contribution in [2.45, 2.75) is 51.2 Å². The predicted octanol–water partition coefficient (Wildman–Crippen LogP) is 2.50. The van der Waals surface area contributed by atoms with Gasteiger partial charge in [0.15, 0.2) is 0 Å². The van der Waals surface area contributed by atoms with Gasteiger partial charge in [0.05, 0.1) is 0 Å². The number of nitrogens with two attached hydrogens (primary N) is 1. The standard InChI is InChI=1S/C9H21NS/c1-6(2)8(4)11-9(5)7(3)10/h6-9H,10H2,1-5H3. The number of rotatable bonds is 4. The van der Waals surface area contributed by atoms with Crippen molar-refractivity contribution in [2.24, 2.45) is 11.7 Å². The molecule has 0 aliphatic heterocycles. The summed E-state index contributed by atoms with van der Waals surface area (Å²) in [6.45, 7) is 11.1. The normalized spacial score (nSPS) is 19.9. The summed E-state index contributed by atoms with van der Waals surface area (Å²) in [5.74, 6) is 0.751. The van der Waals surface area contributed by atoms with Gasteiger partial charge in [-0.25, -0.2) is 0 Å². The van der Waals surface area contributed by atoms with Gasteiger partial charge in [-0.2, -0.15) is 11.8 Å². The molecular weight excluding hydrogens is 154 g/mol. The maximum Gasteiger partial charge on any atom is 0.0170 e. The average Bonchev–Trinajstić information content (AvgIpc) is 1.87. The summed E-state index contributed by atoms with van der Waals surface area (Å²) in [7, 11) is 0. The van der Waals surface area contributed by atoms with E-state index < -0.39 is 0 Å². The maximum absolute atomic E-state index is 5.76. The van der Waals surface area contributed by atoms with Crippen molar-refractivity contribution in [1.29, 1.82) is 0 Å². The summed E-state index contributed by atoms with van der Waals surface area (Å²) in [6.07, 6.45) is 0. The van der Waals surface area contributed by atoms with E-state index in [1.807, 2.05) is 11.8 Å². The molecule has 0 rings (SSSR count). The van der Waals surface area contributed by atoms with Crippen molar-refractivity contribution < 1.29 is 0 Å². The summed E-state index contributed by atoms with van der Waals surface area (Å²) in [5, 5.41) is 1.29. The zero-order valence-electron chi connectivity index (χ0n) is 8.29. The minimum atomic E-state index is 0.307. The molecule has 0 saturated heterocycles. The van der Waals surface area contributed by atoms with Crippen LogP contribution >= 0.6 is 11.8 Å². The zero-order chi connectivity index (χ0) is 9.02. The minimum Gasteiger partial charge on any atom is -0.327 e. The first-order chi connectivity index (χ1) is 4.95. The Hall–Kier alpha value is 0.310. The highest BCUT2D eigenvalue weighted by Crippen LogP contribution is 2.24. The van der Waals surface area contributed by atoms with Crippen molar-refractivity contribution in [1.82, 2.24) is 0 Å². The van der Waals surface area contributed by atoms with E-state index in [9.17, 15) is 0 Å². The third-order valence-corrected chi connectivity index (χ3v) is 3.94. The summed E-state index contributed by atoms with van der Waals surface area (Å²) >= 11 is 1.99. The molecule has 0 heterocycles. The average molecular weight is 175 g/mol. The topological polar surface area (TPSA) is 26.0 Å². The molecule has 0 spiro atoms. The molecule has 3 atom stereocenters. The van der Waals surface area contributed by atoms with Crippen molar-refractivity contribution >= 4 is 11.8 Å². The highest BCUT2D eigenvalue weighted by molar-refractivity contribution is 8.00. The van der Waals surface area contributed by atoms with E-state index in [0.717, 1.165) is 11.2 Å². The Morgan fingerprint density at radius 2 is 1.36 bits per heavy atom. The molecular formula is C9H21NS. The van der Waals surface area contributed by atoms with E-state index in [2.05, 4.69) is 34.6 Å². The van der Waals surface area contributed by atoms with Gasteiger partial charge >= 0.3 is 0 Å². The van der Waals surface area contributed by atoms with Crippen molar-refractivity contribution in [3.63, 3.8) is 0 Å². The van der Waals surface area contributed by atoms with Gasteiger partial charge in [0.25, 0.3) is 0 Å². The summed E-state index contributed by atoms with van der Waals surface area (Å²) in [6, 6.07) is 0.307. The molecule has 0 aliphatic rings. The third kappa shape index (κ3) is 4.70. The van der Waals surface area contributed by atoms with Gasteiger partial charge in [-0.1, -0.05) is 27.7 Å². The van der Waals surface area contributed by atoms with E-state index in [0.29, 0.717) is 11.3 Å². The van der Waals surface area contributed by atoms with Crippen LogP contribution in [0.4, 0.5) is 0 Å². The lowest BCUT2D eigenvalue weighted by molar-refractivity contribution is 0.633. The highest BCUT2D eigenvalue weighted by atomic mass is 32.2. The van der Waals surface area contributed by atoms with Crippen LogP contribution in [-0.2, 0) is 0 Å². The fraction of sp³-hybridized carbons (Fsp3) is 1.00. The summed E-state index contributed by atoms with van der Waals surface area (Å²) in [4.78, 5) is 0. The first-order valence-electron chi connectivity index (χ1n) is 4.36. The SMILES string of the molecule is CC(C)C(C)SC(C)C(C)N. The Kier molecular flexibility index (Phi) is 5.19. The second kappa shape index (κ2) is 5.04. The monoisotopic (exact) mass is 175 g/mol. The second-order valence-corrected chi connectivity index (χ2v) is 5.41. The van der Waals surface area contributed by atoms with Gasteiger partial charge < -0.3 is 5.73 Å². The summed E-state index contributed by atoms with van der Waals surface area (Å²) in [5.41, 5.74) is 5.76. The van der Waals surface area contributed by atoms with Crippen LogP contribution in [0.1, 0.15) is 34.6 Å². The van der Waals surface area contributed by atoms with Crippen LogP contribution in [0.2, 0.25) is 0 Å².